The molecule has 1 unspecified atom stereocenters. The molecule has 2 N–H and O–H groups in total. The maximum absolute atomic E-state index is 6.67. The fourth-order valence-electron chi connectivity index (χ4n) is 6.98. The van der Waals surface area contributed by atoms with Crippen LogP contribution in [0.2, 0.25) is 0 Å². The van der Waals surface area contributed by atoms with Gasteiger partial charge in [0, 0.05) is 48.0 Å². The van der Waals surface area contributed by atoms with Crippen molar-refractivity contribution in [3.8, 4) is 45.0 Å². The van der Waals surface area contributed by atoms with Crippen LogP contribution in [0.5, 0.6) is 0 Å². The molecule has 0 bridgehead atoms. The van der Waals surface area contributed by atoms with Gasteiger partial charge in [-0.15, -0.1) is 11.3 Å². The molecule has 0 aliphatic heterocycles. The Morgan fingerprint density at radius 2 is 1.07 bits per heavy atom. The zero-order valence-electron chi connectivity index (χ0n) is 30.7. The topological polar surface area (TPSA) is 76.5 Å². The number of hydrogen-bond donors (Lipinski definition) is 1. The van der Waals surface area contributed by atoms with Gasteiger partial charge in [0.05, 0.1) is 17.4 Å². The third-order valence-corrected chi connectivity index (χ3v) is 11.1. The molecule has 5 nitrogen and oxygen atoms in total. The van der Waals surface area contributed by atoms with Gasteiger partial charge in [-0.1, -0.05) is 158 Å². The van der Waals surface area contributed by atoms with Gasteiger partial charge in [0.15, 0.2) is 11.7 Å². The number of nitrogens with zero attached hydrogens (tertiary/aromatic N) is 4. The van der Waals surface area contributed by atoms with Crippen molar-refractivity contribution in [2.45, 2.75) is 13.0 Å². The number of aromatic nitrogens is 2. The predicted octanol–water partition coefficient (Wildman–Crippen LogP) is 12.4. The van der Waals surface area contributed by atoms with Gasteiger partial charge >= 0.3 is 0 Å². The van der Waals surface area contributed by atoms with Crippen molar-refractivity contribution >= 4 is 43.2 Å². The van der Waals surface area contributed by atoms with Crippen molar-refractivity contribution in [2.75, 3.05) is 0 Å². The van der Waals surface area contributed by atoms with Crippen molar-refractivity contribution in [3.63, 3.8) is 0 Å². The van der Waals surface area contributed by atoms with E-state index in [0.29, 0.717) is 17.5 Å². The molecule has 0 aliphatic carbocycles. The Morgan fingerprint density at radius 3 is 1.84 bits per heavy atom. The lowest BCUT2D eigenvalue weighted by Crippen LogP contribution is -2.16. The van der Waals surface area contributed by atoms with Crippen LogP contribution in [-0.4, -0.2) is 21.6 Å². The summed E-state index contributed by atoms with van der Waals surface area (Å²) in [6, 6.07) is 64.2. The summed E-state index contributed by atoms with van der Waals surface area (Å²) < 4.78 is 2.53. The molecule has 1 atom stereocenters. The molecule has 2 aromatic heterocycles. The lowest BCUT2D eigenvalue weighted by atomic mass is 9.98. The quantitative estimate of drug-likeness (QED) is 0.124. The average molecular weight is 740 g/mol. The minimum atomic E-state index is -0.172. The summed E-state index contributed by atoms with van der Waals surface area (Å²) in [4.78, 5) is 20.3. The van der Waals surface area contributed by atoms with Crippen LogP contribution in [0.25, 0.3) is 65.2 Å². The second-order valence-electron chi connectivity index (χ2n) is 13.7. The minimum absolute atomic E-state index is 0.172. The highest BCUT2D eigenvalue weighted by Crippen LogP contribution is 2.36. The van der Waals surface area contributed by atoms with Crippen LogP contribution < -0.4 is 5.73 Å². The van der Waals surface area contributed by atoms with Gasteiger partial charge in [0.2, 0.25) is 0 Å². The van der Waals surface area contributed by atoms with Gasteiger partial charge in [-0.05, 0) is 53.9 Å². The van der Waals surface area contributed by atoms with E-state index < -0.39 is 0 Å². The molecule has 0 saturated heterocycles. The third kappa shape index (κ3) is 7.26. The number of hydrogen-bond acceptors (Lipinski definition) is 4. The summed E-state index contributed by atoms with van der Waals surface area (Å²) in [6.07, 6.45) is 0. The Balaban J connectivity index is 1.11. The smallest absolute Gasteiger partial charge is 0.160 e. The van der Waals surface area contributed by atoms with E-state index in [2.05, 4.69) is 116 Å². The molecule has 6 heteroatoms. The number of rotatable bonds is 8. The molecule has 0 amide bonds. The van der Waals surface area contributed by atoms with Crippen LogP contribution in [-0.2, 0) is 0 Å². The second kappa shape index (κ2) is 15.4. The lowest BCUT2D eigenvalue weighted by molar-refractivity contribution is 0.820. The monoisotopic (exact) mass is 739 g/mol. The van der Waals surface area contributed by atoms with Gasteiger partial charge in [-0.2, -0.15) is 0 Å². The maximum atomic E-state index is 6.67. The van der Waals surface area contributed by atoms with E-state index in [0.717, 1.165) is 55.9 Å². The van der Waals surface area contributed by atoms with Crippen LogP contribution in [0, 0.1) is 0 Å². The van der Waals surface area contributed by atoms with Crippen molar-refractivity contribution in [1.82, 2.24) is 9.97 Å². The van der Waals surface area contributed by atoms with Crippen molar-refractivity contribution in [1.29, 1.82) is 0 Å². The highest BCUT2D eigenvalue weighted by atomic mass is 32.1. The van der Waals surface area contributed by atoms with Crippen LogP contribution in [0.1, 0.15) is 29.7 Å². The summed E-state index contributed by atoms with van der Waals surface area (Å²) in [5, 5.41) is 2.55. The SMILES string of the molecule is CC(N=C(N=C(N)c1ccccc1)c1cccc(-c2cccc(-c3cc(-c4ccccc4)nc(-c4ccccc4)n3)c2)c1)c1ccc2c(c1)sc1ccccc12. The Kier molecular flexibility index (Phi) is 9.54. The van der Waals surface area contributed by atoms with E-state index in [-0.39, 0.29) is 6.04 Å². The molecule has 0 fully saturated rings. The highest BCUT2D eigenvalue weighted by Gasteiger charge is 2.15. The van der Waals surface area contributed by atoms with Crippen molar-refractivity contribution in [2.24, 2.45) is 15.7 Å². The predicted molar refractivity (Wildman–Crippen MR) is 235 cm³/mol. The fourth-order valence-corrected chi connectivity index (χ4v) is 8.13. The highest BCUT2D eigenvalue weighted by molar-refractivity contribution is 7.25. The fraction of sp³-hybridized carbons (Fsp3) is 0.0400. The number of fused-ring (bicyclic) bond motifs is 3. The molecular weight excluding hydrogens is 703 g/mol. The Morgan fingerprint density at radius 1 is 0.500 bits per heavy atom. The van der Waals surface area contributed by atoms with Gasteiger partial charge in [-0.3, -0.25) is 4.99 Å². The van der Waals surface area contributed by atoms with E-state index >= 15 is 0 Å². The molecule has 0 aliphatic rings. The zero-order chi connectivity index (χ0) is 37.8. The van der Waals surface area contributed by atoms with Crippen molar-refractivity contribution < 1.29 is 0 Å². The van der Waals surface area contributed by atoms with Crippen LogP contribution >= 0.6 is 11.3 Å². The van der Waals surface area contributed by atoms with E-state index in [9.17, 15) is 0 Å². The van der Waals surface area contributed by atoms with Crippen molar-refractivity contribution in [3.05, 3.63) is 205 Å². The average Bonchev–Trinajstić information content (AvgIpc) is 3.65. The van der Waals surface area contributed by atoms with Gasteiger partial charge in [0.1, 0.15) is 5.84 Å². The molecule has 56 heavy (non-hydrogen) atoms. The molecular formula is C50H37N5S. The molecule has 9 rings (SSSR count). The number of aliphatic imine (C=N–C) groups is 2. The second-order valence-corrected chi connectivity index (χ2v) is 14.8. The molecule has 0 radical (unpaired) electrons. The van der Waals surface area contributed by atoms with Crippen LogP contribution in [0.15, 0.2) is 198 Å². The number of nitrogens with two attached hydrogens (primary N) is 1. The molecule has 2 heterocycles. The maximum Gasteiger partial charge on any atom is 0.160 e. The first-order valence-corrected chi connectivity index (χ1v) is 19.5. The molecule has 0 spiro atoms. The Labute approximate surface area is 330 Å². The Hall–Kier alpha value is -7.02. The van der Waals surface area contributed by atoms with Crippen LogP contribution in [0.3, 0.4) is 0 Å². The first-order valence-electron chi connectivity index (χ1n) is 18.7. The summed E-state index contributed by atoms with van der Waals surface area (Å²) in [5.74, 6) is 1.67. The van der Waals surface area contributed by atoms with E-state index in [1.54, 1.807) is 0 Å². The van der Waals surface area contributed by atoms with Gasteiger partial charge in [-0.25, -0.2) is 15.0 Å². The zero-order valence-corrected chi connectivity index (χ0v) is 31.6. The summed E-state index contributed by atoms with van der Waals surface area (Å²) in [7, 11) is 0. The van der Waals surface area contributed by atoms with Crippen LogP contribution in [0.4, 0.5) is 0 Å². The molecule has 268 valence electrons. The van der Waals surface area contributed by atoms with E-state index in [4.69, 9.17) is 25.7 Å². The lowest BCUT2D eigenvalue weighted by Gasteiger charge is -2.13. The largest absolute Gasteiger partial charge is 0.383 e. The first-order chi connectivity index (χ1) is 27.6. The number of amidine groups is 2. The molecule has 9 aromatic rings. The third-order valence-electron chi connectivity index (χ3n) is 9.94. The Bertz CT molecular complexity index is 2820. The van der Waals surface area contributed by atoms with E-state index in [1.807, 2.05) is 90.2 Å². The number of thiophene rings is 1. The van der Waals surface area contributed by atoms with Gasteiger partial charge in [0.25, 0.3) is 0 Å². The minimum Gasteiger partial charge on any atom is -0.383 e. The first kappa shape index (κ1) is 34.7. The summed E-state index contributed by atoms with van der Waals surface area (Å²) >= 11 is 1.81. The normalized spacial score (nSPS) is 12.6. The number of benzene rings is 7. The van der Waals surface area contributed by atoms with E-state index in [1.165, 1.54) is 20.2 Å². The standard InChI is InChI=1S/C50H37N5S/c1-33(37-27-28-43-42-25-11-12-26-46(42)56-47(43)31-37)52-50(55-48(51)35-17-7-3-8-18-35)41-24-14-22-39(30-41)38-21-13-23-40(29-38)45-32-44(34-15-5-2-6-16-34)53-49(54-45)36-19-9-4-10-20-36/h2-33H,1H3,(H2,51,52,55). The van der Waals surface area contributed by atoms with Gasteiger partial charge < -0.3 is 5.73 Å². The molecule has 7 aromatic carbocycles. The summed E-state index contributed by atoms with van der Waals surface area (Å²) in [6.45, 7) is 2.12. The summed E-state index contributed by atoms with van der Waals surface area (Å²) in [5.41, 5.74) is 16.3. The molecule has 0 saturated carbocycles.